The summed E-state index contributed by atoms with van der Waals surface area (Å²) in [6, 6.07) is 0. The van der Waals surface area contributed by atoms with Gasteiger partial charge in [-0.1, -0.05) is 171 Å². The van der Waals surface area contributed by atoms with Crippen LogP contribution in [-0.4, -0.2) is 129 Å². The molecule has 23 aliphatic rings. The molecule has 0 aliphatic heterocycles. The maximum atomic E-state index is 6.17. The summed E-state index contributed by atoms with van der Waals surface area (Å²) in [5.41, 5.74) is 3.50. The fourth-order valence-electron chi connectivity index (χ4n) is 36.1. The Kier molecular flexibility index (Phi) is 40.3. The molecule has 0 saturated heterocycles. The van der Waals surface area contributed by atoms with Gasteiger partial charge < -0.3 is 47.4 Å². The molecule has 0 radical (unpaired) electrons. The van der Waals surface area contributed by atoms with Crippen molar-refractivity contribution in [2.45, 2.75) is 483 Å². The van der Waals surface area contributed by atoms with Gasteiger partial charge in [0, 0.05) is 66.1 Å². The van der Waals surface area contributed by atoms with Gasteiger partial charge in [-0.15, -0.1) is 0 Å². The van der Waals surface area contributed by atoms with Crippen LogP contribution in [0.5, 0.6) is 0 Å². The highest BCUT2D eigenvalue weighted by molar-refractivity contribution is 5.17. The minimum absolute atomic E-state index is 0.451. The van der Waals surface area contributed by atoms with Crippen molar-refractivity contribution >= 4 is 0 Å². The molecule has 0 N–H and O–H groups in total. The molecule has 23 fully saturated rings. The Hall–Kier alpha value is -0.400. The van der Waals surface area contributed by atoms with E-state index in [4.69, 9.17) is 47.4 Å². The van der Waals surface area contributed by atoms with Crippen molar-refractivity contribution in [3.8, 4) is 0 Å². The van der Waals surface area contributed by atoms with E-state index in [0.29, 0.717) is 74.5 Å². The molecule has 10 heteroatoms. The van der Waals surface area contributed by atoms with Crippen LogP contribution in [0.1, 0.15) is 446 Å². The zero-order valence-electron chi connectivity index (χ0n) is 87.9. The SMILES string of the molecule is CCOC1C2CC(C3C4CCC(C4)C23)C1(C)C.CCOC1C2CCC1(C)CC2(C)C.CCOC1C2CCC1C2.CCOC1C2CCC1CC2.CCOC1C2CCCC1CC2.CCOC1C2CCCC1CCC2.CCOCC1(C)CC2CCCC2C1.CCOCC1(C)CCC2CCCC21.CCOCC1(C)CCC2CCCCC2C1.CCOCC1(C)CCCC2CCCCC21. The summed E-state index contributed by atoms with van der Waals surface area (Å²) in [7, 11) is 0. The zero-order chi connectivity index (χ0) is 90.9. The number of hydrogen-bond acceptors (Lipinski definition) is 10. The summed E-state index contributed by atoms with van der Waals surface area (Å²) < 4.78 is 57.6. The van der Waals surface area contributed by atoms with Crippen LogP contribution >= 0.6 is 0 Å². The molecule has 128 heavy (non-hydrogen) atoms. The molecule has 0 heterocycles. The van der Waals surface area contributed by atoms with Gasteiger partial charge in [0.15, 0.2) is 0 Å². The normalized spacial score (nSPS) is 45.4. The van der Waals surface area contributed by atoms with Crippen LogP contribution in [0, 0.1) is 174 Å². The quantitative estimate of drug-likeness (QED) is 0.0870. The standard InChI is InChI=1S/C16H26O.2C14H26O.3C12H22O.C11H20O.C10H18O.C9H16O.C8H14O/c1-4-17-15-11-8-12(16(15,2)3)14-10-6-5-9(7-10)13(11)14;1-3-15-11-14(2)10-6-8-12-7-4-5-9-13(12)14;1-3-15-11-14(2)9-8-12-6-4-5-7-13(12)10-14;1-5-13-10-9-6-7-12(10,4)8-11(9,2)3;1-3-13-9-12(2)7-10-5-4-6-11(10)8-12;1-3-13-9-12(2)8-7-10-5-4-6-11(10)12;1-2-12-11-9-5-3-6-10(11)8-4-7-9;1-2-11-10-8-4-3-5-9(10)7-6-8;1-2-10-9-7-3-4-8(9)6-5-7;1-2-9-8-6-3-4-7(8)5-6/h9-15H,4-8H2,1-3H3;2*12-13H,3-11H2,1-2H3;9-10H,5-8H2,1-4H3;2*10-11H,3-9H2,1-2H3;9-11H,2-8H2,1H3;8-10H,2-7H2,1H3;7-9H,2-6H2,1H3;6-8H,2-5H2,1H3. The molecule has 0 aromatic carbocycles. The molecule has 14 bridgehead atoms. The molecule has 25 unspecified atom stereocenters. The van der Waals surface area contributed by atoms with Crippen LogP contribution in [0.15, 0.2) is 0 Å². The fourth-order valence-corrected chi connectivity index (χ4v) is 36.1. The van der Waals surface area contributed by atoms with E-state index in [1.165, 1.54) is 302 Å². The average molecular weight is 1790 g/mol. The van der Waals surface area contributed by atoms with Crippen molar-refractivity contribution in [3.63, 3.8) is 0 Å². The zero-order valence-corrected chi connectivity index (χ0v) is 87.9. The van der Waals surface area contributed by atoms with Crippen molar-refractivity contribution in [1.82, 2.24) is 0 Å². The van der Waals surface area contributed by atoms with Gasteiger partial charge in [0.1, 0.15) is 0 Å². The summed E-state index contributed by atoms with van der Waals surface area (Å²) in [5, 5.41) is 0. The molecule has 0 amide bonds. The first-order chi connectivity index (χ1) is 61.8. The second kappa shape index (κ2) is 49.1. The van der Waals surface area contributed by atoms with E-state index in [-0.39, 0.29) is 0 Å². The molecule has 23 aliphatic carbocycles. The van der Waals surface area contributed by atoms with Gasteiger partial charge in [-0.3, -0.25) is 0 Å². The first kappa shape index (κ1) is 105. The first-order valence-electron chi connectivity index (χ1n) is 57.8. The predicted octanol–water partition coefficient (Wildman–Crippen LogP) is 31.1. The molecule has 23 rings (SSSR count). The molecule has 10 nitrogen and oxygen atoms in total. The van der Waals surface area contributed by atoms with Crippen molar-refractivity contribution in [2.75, 3.05) is 92.5 Å². The molecule has 0 spiro atoms. The van der Waals surface area contributed by atoms with Gasteiger partial charge >= 0.3 is 0 Å². The van der Waals surface area contributed by atoms with Gasteiger partial charge in [0.05, 0.1) is 63.1 Å². The molecular formula is C118H212O10. The lowest BCUT2D eigenvalue weighted by Gasteiger charge is -2.48. The van der Waals surface area contributed by atoms with Crippen LogP contribution in [0.4, 0.5) is 0 Å². The largest absolute Gasteiger partial charge is 0.381 e. The van der Waals surface area contributed by atoms with Crippen molar-refractivity contribution < 1.29 is 47.4 Å². The lowest BCUT2D eigenvalue weighted by molar-refractivity contribution is -0.0980. The van der Waals surface area contributed by atoms with Crippen LogP contribution in [0.3, 0.4) is 0 Å². The van der Waals surface area contributed by atoms with Crippen LogP contribution < -0.4 is 0 Å². The molecule has 744 valence electrons. The third kappa shape index (κ3) is 25.5. The Morgan fingerprint density at radius 3 is 1.05 bits per heavy atom. The highest BCUT2D eigenvalue weighted by Gasteiger charge is 2.69. The van der Waals surface area contributed by atoms with Gasteiger partial charge in [-0.2, -0.15) is 0 Å². The van der Waals surface area contributed by atoms with Crippen molar-refractivity contribution in [2.24, 2.45) is 174 Å². The van der Waals surface area contributed by atoms with E-state index in [1.807, 2.05) is 0 Å². The van der Waals surface area contributed by atoms with Crippen molar-refractivity contribution in [1.29, 1.82) is 0 Å². The second-order valence-corrected chi connectivity index (χ2v) is 50.9. The van der Waals surface area contributed by atoms with E-state index in [9.17, 15) is 0 Å². The Morgan fingerprint density at radius 1 is 0.227 bits per heavy atom. The maximum Gasteiger partial charge on any atom is 0.0661 e. The number of ether oxygens (including phenoxy) is 10. The minimum Gasteiger partial charge on any atom is -0.381 e. The Balaban J connectivity index is 0.000000122. The molecule has 25 atom stereocenters. The highest BCUT2D eigenvalue weighted by Crippen LogP contribution is 2.73. The topological polar surface area (TPSA) is 92.3 Å². The van der Waals surface area contributed by atoms with Gasteiger partial charge in [0.2, 0.25) is 0 Å². The smallest absolute Gasteiger partial charge is 0.0661 e. The summed E-state index contributed by atoms with van der Waals surface area (Å²) in [4.78, 5) is 0. The highest BCUT2D eigenvalue weighted by atomic mass is 16.5. The van der Waals surface area contributed by atoms with Crippen molar-refractivity contribution in [3.05, 3.63) is 0 Å². The second-order valence-electron chi connectivity index (χ2n) is 50.9. The molecule has 23 saturated carbocycles. The van der Waals surface area contributed by atoms with E-state index in [0.717, 1.165) is 229 Å². The number of fused-ring (bicyclic) bond motifs is 22. The van der Waals surface area contributed by atoms with Crippen LogP contribution in [0.25, 0.3) is 0 Å². The average Bonchev–Trinajstić information content (AvgIpc) is 1.52. The number of rotatable bonds is 24. The fraction of sp³-hybridized carbons (Fsp3) is 1.00. The lowest BCUT2D eigenvalue weighted by atomic mass is 9.58. The van der Waals surface area contributed by atoms with Gasteiger partial charge in [-0.25, -0.2) is 0 Å². The molecular weight excluding hydrogens is 1580 g/mol. The van der Waals surface area contributed by atoms with E-state index < -0.39 is 0 Å². The summed E-state index contributed by atoms with van der Waals surface area (Å²) in [6.45, 7) is 56.1. The summed E-state index contributed by atoms with van der Waals surface area (Å²) >= 11 is 0. The first-order valence-corrected chi connectivity index (χ1v) is 57.8. The maximum absolute atomic E-state index is 6.17. The van der Waals surface area contributed by atoms with Gasteiger partial charge in [-0.05, 0) is 449 Å². The van der Waals surface area contributed by atoms with E-state index in [2.05, 4.69) is 132 Å². The van der Waals surface area contributed by atoms with E-state index in [1.54, 1.807) is 12.8 Å². The Labute approximate surface area is 791 Å². The monoisotopic (exact) mass is 1790 g/mol. The van der Waals surface area contributed by atoms with Crippen LogP contribution in [0.2, 0.25) is 0 Å². The lowest BCUT2D eigenvalue weighted by Crippen LogP contribution is -2.47. The van der Waals surface area contributed by atoms with Gasteiger partial charge in [0.25, 0.3) is 0 Å². The third-order valence-electron chi connectivity index (χ3n) is 41.7. The van der Waals surface area contributed by atoms with Crippen LogP contribution in [-0.2, 0) is 47.4 Å². The third-order valence-corrected chi connectivity index (χ3v) is 41.7. The molecule has 0 aromatic rings. The number of hydrogen-bond donors (Lipinski definition) is 0. The Morgan fingerprint density at radius 2 is 0.570 bits per heavy atom. The summed E-state index contributed by atoms with van der Waals surface area (Å²) in [6.07, 6.45) is 75.0. The summed E-state index contributed by atoms with van der Waals surface area (Å²) in [5.74, 6) is 22.7. The van der Waals surface area contributed by atoms with E-state index >= 15 is 0 Å². The molecule has 0 aromatic heterocycles. The minimum atomic E-state index is 0.451. The Bertz CT molecular complexity index is 3040. The predicted molar refractivity (Wildman–Crippen MR) is 533 cm³/mol.